The van der Waals surface area contributed by atoms with E-state index in [0.29, 0.717) is 22.6 Å². The largest absolute Gasteiger partial charge is 0.480 e. The first-order chi connectivity index (χ1) is 12.1. The number of aromatic amines is 1. The van der Waals surface area contributed by atoms with E-state index in [1.54, 1.807) is 29.1 Å². The minimum atomic E-state index is -0.969. The second-order valence-electron chi connectivity index (χ2n) is 5.57. The summed E-state index contributed by atoms with van der Waals surface area (Å²) < 4.78 is 14.8. The normalized spacial score (nSPS) is 11.1. The van der Waals surface area contributed by atoms with Crippen LogP contribution in [-0.4, -0.2) is 30.6 Å². The van der Waals surface area contributed by atoms with Crippen LogP contribution in [0.25, 0.3) is 33.5 Å². The van der Waals surface area contributed by atoms with Gasteiger partial charge in [0.1, 0.15) is 18.0 Å². The summed E-state index contributed by atoms with van der Waals surface area (Å²) in [6, 6.07) is 9.66. The van der Waals surface area contributed by atoms with Gasteiger partial charge in [0, 0.05) is 28.9 Å². The maximum absolute atomic E-state index is 13.3. The number of H-pyrrole nitrogens is 1. The fourth-order valence-electron chi connectivity index (χ4n) is 2.92. The first-order valence-corrected chi connectivity index (χ1v) is 7.59. The quantitative estimate of drug-likeness (QED) is 0.599. The van der Waals surface area contributed by atoms with Crippen LogP contribution >= 0.6 is 0 Å². The molecule has 0 spiro atoms. The molecule has 0 radical (unpaired) electrons. The molecule has 7 heteroatoms. The second-order valence-corrected chi connectivity index (χ2v) is 5.57. The predicted octanol–water partition coefficient (Wildman–Crippen LogP) is 3.32. The van der Waals surface area contributed by atoms with E-state index in [1.807, 2.05) is 12.1 Å². The summed E-state index contributed by atoms with van der Waals surface area (Å²) in [5, 5.41) is 10.1. The third-order valence-electron chi connectivity index (χ3n) is 3.98. The van der Waals surface area contributed by atoms with Gasteiger partial charge in [-0.3, -0.25) is 4.79 Å². The highest BCUT2D eigenvalue weighted by molar-refractivity contribution is 5.96. The number of rotatable bonds is 4. The van der Waals surface area contributed by atoms with Gasteiger partial charge in [-0.2, -0.15) is 0 Å². The monoisotopic (exact) mass is 336 g/mol. The lowest BCUT2D eigenvalue weighted by Crippen LogP contribution is -2.09. The van der Waals surface area contributed by atoms with E-state index in [0.717, 1.165) is 10.9 Å². The first kappa shape index (κ1) is 15.1. The molecule has 3 aromatic heterocycles. The number of pyridine rings is 1. The Bertz CT molecular complexity index is 1070. The van der Waals surface area contributed by atoms with Crippen molar-refractivity contribution >= 4 is 17.0 Å². The summed E-state index contributed by atoms with van der Waals surface area (Å²) in [5.74, 6) is -1.31. The summed E-state index contributed by atoms with van der Waals surface area (Å²) in [5.41, 5.74) is 3.46. The highest BCUT2D eigenvalue weighted by Crippen LogP contribution is 2.34. The van der Waals surface area contributed by atoms with E-state index in [4.69, 9.17) is 0 Å². The molecular formula is C18H13FN4O2. The number of aliphatic carboxylic acids is 1. The second kappa shape index (κ2) is 5.86. The summed E-state index contributed by atoms with van der Waals surface area (Å²) in [7, 11) is 0. The summed E-state index contributed by atoms with van der Waals surface area (Å²) >= 11 is 0. The standard InChI is InChI=1S/C18H13FN4O2/c19-12-3-1-11(2-4-12)16-17(23(10-22-16)9-15(24)25)13-5-7-20-18-14(13)6-8-21-18/h1-8,10H,9H2,(H,20,21)(H,24,25). The SMILES string of the molecule is O=C(O)Cn1cnc(-c2ccc(F)cc2)c1-c1ccnc2[nH]ccc12. The van der Waals surface area contributed by atoms with E-state index in [9.17, 15) is 14.3 Å². The van der Waals surface area contributed by atoms with Gasteiger partial charge in [-0.15, -0.1) is 0 Å². The number of nitrogens with one attached hydrogen (secondary N) is 1. The third-order valence-corrected chi connectivity index (χ3v) is 3.98. The number of halogens is 1. The highest BCUT2D eigenvalue weighted by Gasteiger charge is 2.19. The lowest BCUT2D eigenvalue weighted by atomic mass is 10.0. The van der Waals surface area contributed by atoms with Gasteiger partial charge in [-0.1, -0.05) is 0 Å². The van der Waals surface area contributed by atoms with Gasteiger partial charge in [-0.25, -0.2) is 14.4 Å². The highest BCUT2D eigenvalue weighted by atomic mass is 19.1. The van der Waals surface area contributed by atoms with E-state index in [-0.39, 0.29) is 12.4 Å². The van der Waals surface area contributed by atoms with Gasteiger partial charge in [0.05, 0.1) is 17.7 Å². The molecule has 0 saturated carbocycles. The number of carbonyl (C=O) groups is 1. The molecular weight excluding hydrogens is 323 g/mol. The number of nitrogens with zero attached hydrogens (tertiary/aromatic N) is 3. The molecule has 0 unspecified atom stereocenters. The molecule has 0 aliphatic carbocycles. The number of fused-ring (bicyclic) bond motifs is 1. The average molecular weight is 336 g/mol. The number of hydrogen-bond acceptors (Lipinski definition) is 3. The Hall–Kier alpha value is -3.48. The molecule has 25 heavy (non-hydrogen) atoms. The topological polar surface area (TPSA) is 83.8 Å². The fraction of sp³-hybridized carbons (Fsp3) is 0.0556. The molecule has 0 aliphatic heterocycles. The molecule has 0 amide bonds. The minimum absolute atomic E-state index is 0.224. The average Bonchev–Trinajstić information content (AvgIpc) is 3.22. The van der Waals surface area contributed by atoms with Crippen LogP contribution in [-0.2, 0) is 11.3 Å². The number of benzene rings is 1. The van der Waals surface area contributed by atoms with Gasteiger partial charge < -0.3 is 14.7 Å². The van der Waals surface area contributed by atoms with Gasteiger partial charge in [0.15, 0.2) is 0 Å². The number of imidazole rings is 1. The van der Waals surface area contributed by atoms with Crippen molar-refractivity contribution in [3.8, 4) is 22.5 Å². The van der Waals surface area contributed by atoms with Crippen molar-refractivity contribution < 1.29 is 14.3 Å². The number of carboxylic acids is 1. The van der Waals surface area contributed by atoms with Crippen molar-refractivity contribution in [2.24, 2.45) is 0 Å². The summed E-state index contributed by atoms with van der Waals surface area (Å²) in [6.45, 7) is -0.224. The molecule has 0 atom stereocenters. The van der Waals surface area contributed by atoms with E-state index >= 15 is 0 Å². The molecule has 4 rings (SSSR count). The van der Waals surface area contributed by atoms with Crippen LogP contribution in [0.3, 0.4) is 0 Å². The van der Waals surface area contributed by atoms with Crippen molar-refractivity contribution in [1.82, 2.24) is 19.5 Å². The number of carboxylic acid groups (broad SMARTS) is 1. The zero-order valence-corrected chi connectivity index (χ0v) is 13.0. The Balaban J connectivity index is 1.98. The maximum Gasteiger partial charge on any atom is 0.323 e. The van der Waals surface area contributed by atoms with Crippen molar-refractivity contribution in [3.05, 3.63) is 60.9 Å². The summed E-state index contributed by atoms with van der Waals surface area (Å²) in [4.78, 5) is 22.9. The Kier molecular flexibility index (Phi) is 3.53. The molecule has 3 heterocycles. The van der Waals surface area contributed by atoms with Crippen LogP contribution in [0.15, 0.2) is 55.1 Å². The lowest BCUT2D eigenvalue weighted by molar-refractivity contribution is -0.137. The molecule has 4 aromatic rings. The van der Waals surface area contributed by atoms with E-state index in [2.05, 4.69) is 15.0 Å². The zero-order valence-electron chi connectivity index (χ0n) is 13.0. The van der Waals surface area contributed by atoms with Gasteiger partial charge in [-0.05, 0) is 36.4 Å². The smallest absolute Gasteiger partial charge is 0.323 e. The van der Waals surface area contributed by atoms with Gasteiger partial charge >= 0.3 is 5.97 Å². The van der Waals surface area contributed by atoms with Gasteiger partial charge in [0.2, 0.25) is 0 Å². The molecule has 0 aliphatic rings. The molecule has 1 aromatic carbocycles. The van der Waals surface area contributed by atoms with Gasteiger partial charge in [0.25, 0.3) is 0 Å². The fourth-order valence-corrected chi connectivity index (χ4v) is 2.92. The number of hydrogen-bond donors (Lipinski definition) is 2. The van der Waals surface area contributed by atoms with Crippen molar-refractivity contribution in [3.63, 3.8) is 0 Å². The van der Waals surface area contributed by atoms with Crippen LogP contribution in [0.4, 0.5) is 4.39 Å². The first-order valence-electron chi connectivity index (χ1n) is 7.59. The Labute approximate surface area is 141 Å². The summed E-state index contributed by atoms with van der Waals surface area (Å²) in [6.07, 6.45) is 4.92. The Morgan fingerprint density at radius 1 is 1.16 bits per heavy atom. The van der Waals surface area contributed by atoms with Crippen LogP contribution in [0.1, 0.15) is 0 Å². The van der Waals surface area contributed by atoms with Crippen LogP contribution in [0.2, 0.25) is 0 Å². The van der Waals surface area contributed by atoms with E-state index in [1.165, 1.54) is 18.5 Å². The van der Waals surface area contributed by atoms with Crippen molar-refractivity contribution in [1.29, 1.82) is 0 Å². The molecule has 124 valence electrons. The van der Waals surface area contributed by atoms with Crippen molar-refractivity contribution in [2.75, 3.05) is 0 Å². The molecule has 0 fully saturated rings. The molecule has 0 bridgehead atoms. The van der Waals surface area contributed by atoms with Crippen LogP contribution in [0, 0.1) is 5.82 Å². The zero-order chi connectivity index (χ0) is 17.4. The molecule has 0 saturated heterocycles. The molecule has 6 nitrogen and oxygen atoms in total. The van der Waals surface area contributed by atoms with Crippen molar-refractivity contribution in [2.45, 2.75) is 6.54 Å². The predicted molar refractivity (Wildman–Crippen MR) is 90.3 cm³/mol. The minimum Gasteiger partial charge on any atom is -0.480 e. The van der Waals surface area contributed by atoms with Crippen LogP contribution < -0.4 is 0 Å². The van der Waals surface area contributed by atoms with Crippen LogP contribution in [0.5, 0.6) is 0 Å². The Morgan fingerprint density at radius 2 is 1.96 bits per heavy atom. The maximum atomic E-state index is 13.3. The lowest BCUT2D eigenvalue weighted by Gasteiger charge is -2.10. The Morgan fingerprint density at radius 3 is 2.72 bits per heavy atom. The third kappa shape index (κ3) is 2.65. The van der Waals surface area contributed by atoms with E-state index < -0.39 is 5.97 Å². The molecule has 2 N–H and O–H groups in total. The number of aromatic nitrogens is 4.